The number of piperazine rings is 1. The molecule has 1 aliphatic heterocycles. The smallest absolute Gasteiger partial charge is 0.243 e. The van der Waals surface area contributed by atoms with Crippen LogP contribution in [0.15, 0.2) is 59.8 Å². The second-order valence-electron chi connectivity index (χ2n) is 7.74. The van der Waals surface area contributed by atoms with Crippen LogP contribution < -0.4 is 14.4 Å². The third-order valence-corrected chi connectivity index (χ3v) is 7.58. The molecule has 0 aliphatic carbocycles. The average Bonchev–Trinajstić information content (AvgIpc) is 2.85. The molecule has 0 N–H and O–H groups in total. The molecule has 0 bridgehead atoms. The van der Waals surface area contributed by atoms with Gasteiger partial charge in [-0.25, -0.2) is 18.4 Å². The summed E-state index contributed by atoms with van der Waals surface area (Å²) in [5.74, 6) is 2.28. The summed E-state index contributed by atoms with van der Waals surface area (Å²) < 4.78 is 38.5. The average molecular weight is 469 g/mol. The standard InChI is InChI=1S/C24H28N4O4S/c1-4-32-20-7-5-19(6-8-20)22-16-24(26-17-25-22)27-11-13-28(14-12-27)33(29,30)21-9-10-23(31-3)18(2)15-21/h5-10,15-17H,4,11-14H2,1-3H3. The molecule has 9 heteroatoms. The number of hydrogen-bond acceptors (Lipinski definition) is 7. The van der Waals surface area contributed by atoms with Crippen LogP contribution in [0.4, 0.5) is 5.82 Å². The van der Waals surface area contributed by atoms with Crippen LogP contribution in [0.5, 0.6) is 11.5 Å². The fourth-order valence-electron chi connectivity index (χ4n) is 3.88. The molecule has 8 nitrogen and oxygen atoms in total. The summed E-state index contributed by atoms with van der Waals surface area (Å²) in [6.07, 6.45) is 1.55. The summed E-state index contributed by atoms with van der Waals surface area (Å²) in [7, 11) is -2.00. The van der Waals surface area contributed by atoms with Crippen molar-refractivity contribution in [1.82, 2.24) is 14.3 Å². The van der Waals surface area contributed by atoms with Crippen molar-refractivity contribution in [2.45, 2.75) is 18.7 Å². The van der Waals surface area contributed by atoms with Gasteiger partial charge >= 0.3 is 0 Å². The number of ether oxygens (including phenoxy) is 2. The maximum absolute atomic E-state index is 13.1. The zero-order chi connectivity index (χ0) is 23.4. The summed E-state index contributed by atoms with van der Waals surface area (Å²) in [6, 6.07) is 14.7. The number of aryl methyl sites for hydroxylation is 1. The van der Waals surface area contributed by atoms with Crippen molar-refractivity contribution in [2.75, 3.05) is 44.8 Å². The first kappa shape index (κ1) is 23.0. The molecule has 2 heterocycles. The number of methoxy groups -OCH3 is 1. The van der Waals surface area contributed by atoms with Crippen LogP contribution in [-0.4, -0.2) is 62.6 Å². The van der Waals surface area contributed by atoms with E-state index < -0.39 is 10.0 Å². The Hall–Kier alpha value is -3.17. The minimum atomic E-state index is -3.57. The molecule has 1 aromatic heterocycles. The Kier molecular flexibility index (Phi) is 6.80. The van der Waals surface area contributed by atoms with Gasteiger partial charge in [0.1, 0.15) is 23.6 Å². The minimum absolute atomic E-state index is 0.286. The predicted molar refractivity (Wildman–Crippen MR) is 127 cm³/mol. The van der Waals surface area contributed by atoms with Gasteiger partial charge in [-0.3, -0.25) is 0 Å². The lowest BCUT2D eigenvalue weighted by Gasteiger charge is -2.34. The van der Waals surface area contributed by atoms with Gasteiger partial charge < -0.3 is 14.4 Å². The van der Waals surface area contributed by atoms with Gasteiger partial charge in [-0.1, -0.05) is 0 Å². The summed E-state index contributed by atoms with van der Waals surface area (Å²) >= 11 is 0. The summed E-state index contributed by atoms with van der Waals surface area (Å²) in [4.78, 5) is 11.2. The molecule has 1 saturated heterocycles. The van der Waals surface area contributed by atoms with E-state index in [9.17, 15) is 8.42 Å². The van der Waals surface area contributed by atoms with E-state index in [1.807, 2.05) is 44.2 Å². The van der Waals surface area contributed by atoms with Crippen molar-refractivity contribution in [1.29, 1.82) is 0 Å². The Bertz CT molecular complexity index is 1210. The maximum atomic E-state index is 13.1. The number of anilines is 1. The van der Waals surface area contributed by atoms with Crippen molar-refractivity contribution in [2.24, 2.45) is 0 Å². The second-order valence-corrected chi connectivity index (χ2v) is 9.68. The number of sulfonamides is 1. The molecule has 1 aliphatic rings. The molecule has 0 amide bonds. The van der Waals surface area contributed by atoms with Crippen molar-refractivity contribution in [3.63, 3.8) is 0 Å². The van der Waals surface area contributed by atoms with Gasteiger partial charge in [0.25, 0.3) is 0 Å². The second kappa shape index (κ2) is 9.76. The third-order valence-electron chi connectivity index (χ3n) is 5.68. The highest BCUT2D eigenvalue weighted by molar-refractivity contribution is 7.89. The van der Waals surface area contributed by atoms with Gasteiger partial charge in [-0.15, -0.1) is 0 Å². The first-order valence-electron chi connectivity index (χ1n) is 10.9. The van der Waals surface area contributed by atoms with Crippen LogP contribution in [0.3, 0.4) is 0 Å². The van der Waals surface area contributed by atoms with E-state index in [1.54, 1.807) is 31.6 Å². The molecule has 174 valence electrons. The molecular weight excluding hydrogens is 440 g/mol. The van der Waals surface area contributed by atoms with E-state index in [-0.39, 0.29) is 4.90 Å². The predicted octanol–water partition coefficient (Wildman–Crippen LogP) is 3.37. The van der Waals surface area contributed by atoms with E-state index >= 15 is 0 Å². The van der Waals surface area contributed by atoms with E-state index in [0.29, 0.717) is 38.5 Å². The lowest BCUT2D eigenvalue weighted by atomic mass is 10.1. The van der Waals surface area contributed by atoms with Crippen molar-refractivity contribution in [3.05, 3.63) is 60.4 Å². The lowest BCUT2D eigenvalue weighted by molar-refractivity contribution is 0.340. The molecule has 4 rings (SSSR count). The molecule has 0 unspecified atom stereocenters. The normalized spacial score (nSPS) is 14.8. The Morgan fingerprint density at radius 1 is 0.970 bits per heavy atom. The van der Waals surface area contributed by atoms with E-state index in [4.69, 9.17) is 9.47 Å². The number of aromatic nitrogens is 2. The fraction of sp³-hybridized carbons (Fsp3) is 0.333. The van der Waals surface area contributed by atoms with E-state index in [2.05, 4.69) is 14.9 Å². The van der Waals surface area contributed by atoms with Crippen LogP contribution in [0, 0.1) is 6.92 Å². The van der Waals surface area contributed by atoms with Gasteiger partial charge in [0.2, 0.25) is 10.0 Å². The molecule has 33 heavy (non-hydrogen) atoms. The Labute approximate surface area is 194 Å². The SMILES string of the molecule is CCOc1ccc(-c2cc(N3CCN(S(=O)(=O)c4ccc(OC)c(C)c4)CC3)ncn2)cc1. The maximum Gasteiger partial charge on any atom is 0.243 e. The zero-order valence-corrected chi connectivity index (χ0v) is 19.9. The third kappa shape index (κ3) is 4.94. The van der Waals surface area contributed by atoms with Gasteiger partial charge in [-0.05, 0) is 61.9 Å². The summed E-state index contributed by atoms with van der Waals surface area (Å²) in [5, 5.41) is 0. The largest absolute Gasteiger partial charge is 0.496 e. The molecule has 2 aromatic carbocycles. The van der Waals surface area contributed by atoms with Gasteiger partial charge in [0.15, 0.2) is 0 Å². The first-order valence-corrected chi connectivity index (χ1v) is 12.3. The summed E-state index contributed by atoms with van der Waals surface area (Å²) in [5.41, 5.74) is 2.57. The highest BCUT2D eigenvalue weighted by Crippen LogP contribution is 2.27. The molecular formula is C24H28N4O4S. The number of hydrogen-bond donors (Lipinski definition) is 0. The Morgan fingerprint density at radius 3 is 2.33 bits per heavy atom. The minimum Gasteiger partial charge on any atom is -0.496 e. The molecule has 0 atom stereocenters. The van der Waals surface area contributed by atoms with Gasteiger partial charge in [0.05, 0.1) is 24.3 Å². The molecule has 3 aromatic rings. The topological polar surface area (TPSA) is 84.9 Å². The van der Waals surface area contributed by atoms with Crippen LogP contribution in [-0.2, 0) is 10.0 Å². The number of benzene rings is 2. The van der Waals surface area contributed by atoms with Crippen LogP contribution >= 0.6 is 0 Å². The molecule has 1 fully saturated rings. The zero-order valence-electron chi connectivity index (χ0n) is 19.1. The van der Waals surface area contributed by atoms with Gasteiger partial charge in [0, 0.05) is 37.8 Å². The van der Waals surface area contributed by atoms with Crippen LogP contribution in [0.2, 0.25) is 0 Å². The van der Waals surface area contributed by atoms with Gasteiger partial charge in [-0.2, -0.15) is 4.31 Å². The molecule has 0 saturated carbocycles. The Morgan fingerprint density at radius 2 is 1.70 bits per heavy atom. The summed E-state index contributed by atoms with van der Waals surface area (Å²) in [6.45, 7) is 6.28. The first-order chi connectivity index (χ1) is 15.9. The molecule has 0 radical (unpaired) electrons. The number of nitrogens with zero attached hydrogens (tertiary/aromatic N) is 4. The lowest BCUT2D eigenvalue weighted by Crippen LogP contribution is -2.48. The highest BCUT2D eigenvalue weighted by atomic mass is 32.2. The fourth-order valence-corrected chi connectivity index (χ4v) is 5.39. The van der Waals surface area contributed by atoms with Crippen molar-refractivity contribution < 1.29 is 17.9 Å². The Balaban J connectivity index is 1.45. The number of rotatable bonds is 7. The van der Waals surface area contributed by atoms with Crippen LogP contribution in [0.1, 0.15) is 12.5 Å². The van der Waals surface area contributed by atoms with Crippen molar-refractivity contribution >= 4 is 15.8 Å². The van der Waals surface area contributed by atoms with Crippen molar-refractivity contribution in [3.8, 4) is 22.8 Å². The van der Waals surface area contributed by atoms with Crippen LogP contribution in [0.25, 0.3) is 11.3 Å². The van der Waals surface area contributed by atoms with E-state index in [0.717, 1.165) is 28.4 Å². The van der Waals surface area contributed by atoms with E-state index in [1.165, 1.54) is 4.31 Å². The molecule has 0 spiro atoms. The highest BCUT2D eigenvalue weighted by Gasteiger charge is 2.29. The quantitative estimate of drug-likeness (QED) is 0.526. The monoisotopic (exact) mass is 468 g/mol.